The zero-order valence-corrected chi connectivity index (χ0v) is 7.85. The molecule has 3 atom stereocenters. The molecule has 14 heavy (non-hydrogen) atoms. The van der Waals surface area contributed by atoms with Gasteiger partial charge in [0.25, 0.3) is 0 Å². The van der Waals surface area contributed by atoms with Gasteiger partial charge in [0.2, 0.25) is 0 Å². The van der Waals surface area contributed by atoms with Gasteiger partial charge in [0, 0.05) is 5.92 Å². The summed E-state index contributed by atoms with van der Waals surface area (Å²) in [5.41, 5.74) is 4.28. The standard InChI is InChI=1S/C11H13NO2/c1-2-4-8(5-3-1)11-10-9(6-13-11)7-14-12-10/h1-5,9-12H,6-7H2/t9-,10+,11-/m0/s1. The fourth-order valence-electron chi connectivity index (χ4n) is 2.19. The van der Waals surface area contributed by atoms with Gasteiger partial charge in [0.05, 0.1) is 19.3 Å². The van der Waals surface area contributed by atoms with Crippen LogP contribution in [0.3, 0.4) is 0 Å². The summed E-state index contributed by atoms with van der Waals surface area (Å²) in [6.07, 6.45) is 0.156. The second-order valence-electron chi connectivity index (χ2n) is 3.88. The Morgan fingerprint density at radius 2 is 2.00 bits per heavy atom. The molecule has 0 spiro atoms. The first-order valence-electron chi connectivity index (χ1n) is 4.99. The SMILES string of the molecule is c1ccc([C@@H]2OC[C@H]3CON[C@H]32)cc1. The van der Waals surface area contributed by atoms with Gasteiger partial charge in [-0.2, -0.15) is 5.48 Å². The molecule has 1 aromatic carbocycles. The molecule has 2 fully saturated rings. The number of rotatable bonds is 1. The summed E-state index contributed by atoms with van der Waals surface area (Å²) in [7, 11) is 0. The van der Waals surface area contributed by atoms with Crippen molar-refractivity contribution in [3.63, 3.8) is 0 Å². The van der Waals surface area contributed by atoms with Crippen LogP contribution in [0, 0.1) is 5.92 Å². The Bertz CT molecular complexity index is 314. The van der Waals surface area contributed by atoms with Crippen molar-refractivity contribution in [1.82, 2.24) is 5.48 Å². The molecule has 3 nitrogen and oxygen atoms in total. The van der Waals surface area contributed by atoms with Crippen LogP contribution in [0.15, 0.2) is 30.3 Å². The van der Waals surface area contributed by atoms with Crippen LogP contribution in [-0.2, 0) is 9.57 Å². The van der Waals surface area contributed by atoms with Crippen LogP contribution < -0.4 is 5.48 Å². The van der Waals surface area contributed by atoms with E-state index in [1.165, 1.54) is 5.56 Å². The van der Waals surface area contributed by atoms with E-state index < -0.39 is 0 Å². The van der Waals surface area contributed by atoms with Gasteiger partial charge >= 0.3 is 0 Å². The Labute approximate surface area is 83.0 Å². The van der Waals surface area contributed by atoms with Gasteiger partial charge < -0.3 is 9.57 Å². The highest BCUT2D eigenvalue weighted by Gasteiger charge is 2.42. The lowest BCUT2D eigenvalue weighted by atomic mass is 9.97. The molecule has 0 saturated carbocycles. The average molecular weight is 191 g/mol. The Morgan fingerprint density at radius 1 is 1.14 bits per heavy atom. The molecule has 1 N–H and O–H groups in total. The summed E-state index contributed by atoms with van der Waals surface area (Å²) in [5, 5.41) is 0. The lowest BCUT2D eigenvalue weighted by Gasteiger charge is -2.16. The smallest absolute Gasteiger partial charge is 0.100 e. The van der Waals surface area contributed by atoms with Gasteiger partial charge in [-0.1, -0.05) is 30.3 Å². The molecule has 2 aliphatic heterocycles. The average Bonchev–Trinajstić information content (AvgIpc) is 2.79. The van der Waals surface area contributed by atoms with Crippen molar-refractivity contribution in [2.45, 2.75) is 12.1 Å². The number of hydrogen-bond donors (Lipinski definition) is 1. The zero-order chi connectivity index (χ0) is 9.38. The summed E-state index contributed by atoms with van der Waals surface area (Å²) in [4.78, 5) is 5.23. The third-order valence-electron chi connectivity index (χ3n) is 2.97. The number of fused-ring (bicyclic) bond motifs is 1. The number of hydroxylamine groups is 1. The summed E-state index contributed by atoms with van der Waals surface area (Å²) < 4.78 is 5.76. The van der Waals surface area contributed by atoms with Crippen LogP contribution in [0.1, 0.15) is 11.7 Å². The van der Waals surface area contributed by atoms with Crippen LogP contribution in [0.4, 0.5) is 0 Å². The van der Waals surface area contributed by atoms with E-state index in [1.807, 2.05) is 18.2 Å². The molecule has 0 unspecified atom stereocenters. The van der Waals surface area contributed by atoms with Crippen LogP contribution in [0.5, 0.6) is 0 Å². The lowest BCUT2D eigenvalue weighted by molar-refractivity contribution is 0.0144. The van der Waals surface area contributed by atoms with Crippen molar-refractivity contribution in [2.75, 3.05) is 13.2 Å². The number of hydrogen-bond acceptors (Lipinski definition) is 3. The Hall–Kier alpha value is -0.900. The van der Waals surface area contributed by atoms with Crippen LogP contribution in [-0.4, -0.2) is 19.3 Å². The molecule has 2 heterocycles. The molecule has 0 bridgehead atoms. The molecule has 0 aromatic heterocycles. The predicted molar refractivity (Wildman–Crippen MR) is 51.5 cm³/mol. The molecule has 2 aliphatic rings. The predicted octanol–water partition coefficient (Wildman–Crippen LogP) is 1.28. The van der Waals surface area contributed by atoms with Crippen molar-refractivity contribution >= 4 is 0 Å². The molecular formula is C11H13NO2. The van der Waals surface area contributed by atoms with Crippen LogP contribution in [0.2, 0.25) is 0 Å². The molecule has 3 rings (SSSR count). The second kappa shape index (κ2) is 3.35. The van der Waals surface area contributed by atoms with E-state index in [0.717, 1.165) is 13.2 Å². The van der Waals surface area contributed by atoms with Crippen molar-refractivity contribution in [3.8, 4) is 0 Å². The van der Waals surface area contributed by atoms with Gasteiger partial charge in [-0.3, -0.25) is 0 Å². The van der Waals surface area contributed by atoms with E-state index >= 15 is 0 Å². The molecule has 1 aromatic rings. The number of ether oxygens (including phenoxy) is 1. The van der Waals surface area contributed by atoms with Gasteiger partial charge in [0.1, 0.15) is 6.10 Å². The Balaban J connectivity index is 1.86. The highest BCUT2D eigenvalue weighted by Crippen LogP contribution is 2.35. The third kappa shape index (κ3) is 1.25. The fraction of sp³-hybridized carbons (Fsp3) is 0.455. The summed E-state index contributed by atoms with van der Waals surface area (Å²) in [5.74, 6) is 0.514. The van der Waals surface area contributed by atoms with Gasteiger partial charge in [-0.05, 0) is 5.56 Å². The molecule has 0 radical (unpaired) electrons. The lowest BCUT2D eigenvalue weighted by Crippen LogP contribution is -2.28. The van der Waals surface area contributed by atoms with Crippen LogP contribution >= 0.6 is 0 Å². The first-order valence-corrected chi connectivity index (χ1v) is 4.99. The van der Waals surface area contributed by atoms with Crippen molar-refractivity contribution in [1.29, 1.82) is 0 Å². The van der Waals surface area contributed by atoms with Crippen molar-refractivity contribution in [2.24, 2.45) is 5.92 Å². The first-order chi connectivity index (χ1) is 6.95. The van der Waals surface area contributed by atoms with Gasteiger partial charge in [0.15, 0.2) is 0 Å². The minimum atomic E-state index is 0.156. The number of nitrogens with one attached hydrogen (secondary N) is 1. The van der Waals surface area contributed by atoms with E-state index in [0.29, 0.717) is 12.0 Å². The van der Waals surface area contributed by atoms with Gasteiger partial charge in [-0.25, -0.2) is 0 Å². The molecular weight excluding hydrogens is 178 g/mol. The zero-order valence-electron chi connectivity index (χ0n) is 7.85. The molecule has 3 heteroatoms. The van der Waals surface area contributed by atoms with E-state index in [2.05, 4.69) is 17.6 Å². The second-order valence-corrected chi connectivity index (χ2v) is 3.88. The maximum absolute atomic E-state index is 5.76. The monoisotopic (exact) mass is 191 g/mol. The van der Waals surface area contributed by atoms with Crippen LogP contribution in [0.25, 0.3) is 0 Å². The topological polar surface area (TPSA) is 30.5 Å². The minimum absolute atomic E-state index is 0.156. The van der Waals surface area contributed by atoms with E-state index in [1.54, 1.807) is 0 Å². The Kier molecular flexibility index (Phi) is 2.01. The molecule has 0 amide bonds. The quantitative estimate of drug-likeness (QED) is 0.725. The summed E-state index contributed by atoms with van der Waals surface area (Å²) >= 11 is 0. The summed E-state index contributed by atoms with van der Waals surface area (Å²) in [6, 6.07) is 10.6. The van der Waals surface area contributed by atoms with Crippen molar-refractivity contribution in [3.05, 3.63) is 35.9 Å². The van der Waals surface area contributed by atoms with Crippen molar-refractivity contribution < 1.29 is 9.57 Å². The maximum atomic E-state index is 5.76. The van der Waals surface area contributed by atoms with E-state index in [4.69, 9.17) is 9.57 Å². The Morgan fingerprint density at radius 3 is 2.86 bits per heavy atom. The van der Waals surface area contributed by atoms with E-state index in [-0.39, 0.29) is 6.10 Å². The fourth-order valence-corrected chi connectivity index (χ4v) is 2.19. The normalized spacial score (nSPS) is 35.9. The van der Waals surface area contributed by atoms with Gasteiger partial charge in [-0.15, -0.1) is 0 Å². The minimum Gasteiger partial charge on any atom is -0.371 e. The molecule has 74 valence electrons. The maximum Gasteiger partial charge on any atom is 0.100 e. The van der Waals surface area contributed by atoms with E-state index in [9.17, 15) is 0 Å². The molecule has 2 saturated heterocycles. The third-order valence-corrected chi connectivity index (χ3v) is 2.97. The molecule has 0 aliphatic carbocycles. The first kappa shape index (κ1) is 8.41. The summed E-state index contributed by atoms with van der Waals surface area (Å²) in [6.45, 7) is 1.57. The largest absolute Gasteiger partial charge is 0.371 e. The highest BCUT2D eigenvalue weighted by molar-refractivity contribution is 5.20. The highest BCUT2D eigenvalue weighted by atomic mass is 16.7. The number of benzene rings is 1.